The van der Waals surface area contributed by atoms with Gasteiger partial charge in [0.2, 0.25) is 0 Å². The number of hydrogen-bond acceptors (Lipinski definition) is 2. The lowest BCUT2D eigenvalue weighted by Gasteiger charge is -2.12. The van der Waals surface area contributed by atoms with Crippen molar-refractivity contribution in [1.82, 2.24) is 0 Å². The summed E-state index contributed by atoms with van der Waals surface area (Å²) in [5.74, 6) is -0.146. The van der Waals surface area contributed by atoms with Gasteiger partial charge in [-0.1, -0.05) is 23.8 Å². The summed E-state index contributed by atoms with van der Waals surface area (Å²) < 4.78 is 5.44. The van der Waals surface area contributed by atoms with Crippen LogP contribution in [-0.2, 0) is 9.53 Å². The largest absolute Gasteiger partial charge is 0.454 e. The Labute approximate surface area is 103 Å². The zero-order chi connectivity index (χ0) is 12.3. The first-order valence-electron chi connectivity index (χ1n) is 6.45. The number of ether oxygens (including phenoxy) is 1. The van der Waals surface area contributed by atoms with Gasteiger partial charge in [-0.2, -0.15) is 0 Å². The minimum Gasteiger partial charge on any atom is -0.454 e. The average Bonchev–Trinajstić information content (AvgIpc) is 2.61. The van der Waals surface area contributed by atoms with Crippen molar-refractivity contribution in [1.29, 1.82) is 0 Å². The number of carbonyl (C=O) groups excluding carboxylic acids is 1. The van der Waals surface area contributed by atoms with Crippen LogP contribution in [0.2, 0.25) is 0 Å². The van der Waals surface area contributed by atoms with E-state index < -0.39 is 0 Å². The average molecular weight is 232 g/mol. The number of fused-ring (bicyclic) bond motifs is 1. The predicted molar refractivity (Wildman–Crippen MR) is 68.6 cm³/mol. The molecule has 0 aromatic rings. The third-order valence-corrected chi connectivity index (χ3v) is 3.48. The van der Waals surface area contributed by atoms with Gasteiger partial charge in [0.15, 0.2) is 0 Å². The highest BCUT2D eigenvalue weighted by atomic mass is 16.5. The smallest absolute Gasteiger partial charge is 0.338 e. The summed E-state index contributed by atoms with van der Waals surface area (Å²) in [6.45, 7) is 4.09. The maximum atomic E-state index is 11.7. The summed E-state index contributed by atoms with van der Waals surface area (Å²) >= 11 is 0. The first-order chi connectivity index (χ1) is 8.22. The fourth-order valence-electron chi connectivity index (χ4n) is 2.52. The highest BCUT2D eigenvalue weighted by Gasteiger charge is 2.33. The lowest BCUT2D eigenvalue weighted by atomic mass is 9.95. The molecule has 1 atom stereocenters. The van der Waals surface area contributed by atoms with E-state index in [1.165, 1.54) is 5.57 Å². The Morgan fingerprint density at radius 1 is 1.35 bits per heavy atom. The fraction of sp³-hybridized carbons (Fsp3) is 0.533. The first-order valence-corrected chi connectivity index (χ1v) is 6.45. The van der Waals surface area contributed by atoms with Crippen molar-refractivity contribution in [3.63, 3.8) is 0 Å². The molecule has 0 N–H and O–H groups in total. The van der Waals surface area contributed by atoms with Gasteiger partial charge in [-0.15, -0.1) is 0 Å². The molecular formula is C15H20O2. The van der Waals surface area contributed by atoms with Gasteiger partial charge in [0, 0.05) is 5.57 Å². The molecule has 2 nitrogen and oxygen atoms in total. The van der Waals surface area contributed by atoms with E-state index in [9.17, 15) is 4.79 Å². The van der Waals surface area contributed by atoms with Crippen LogP contribution in [0.5, 0.6) is 0 Å². The van der Waals surface area contributed by atoms with Crippen molar-refractivity contribution < 1.29 is 9.53 Å². The summed E-state index contributed by atoms with van der Waals surface area (Å²) in [4.78, 5) is 11.7. The second-order valence-electron chi connectivity index (χ2n) is 4.78. The molecule has 2 heteroatoms. The second kappa shape index (κ2) is 5.35. The van der Waals surface area contributed by atoms with Gasteiger partial charge in [-0.05, 0) is 46.0 Å². The number of allylic oxidation sites excluding steroid dienone is 4. The third kappa shape index (κ3) is 2.68. The van der Waals surface area contributed by atoms with E-state index in [4.69, 9.17) is 4.74 Å². The zero-order valence-corrected chi connectivity index (χ0v) is 10.7. The number of carbonyl (C=O) groups is 1. The van der Waals surface area contributed by atoms with Gasteiger partial charge in [0.05, 0.1) is 5.57 Å². The molecule has 1 unspecified atom stereocenters. The molecule has 92 valence electrons. The molecule has 1 aliphatic heterocycles. The van der Waals surface area contributed by atoms with Crippen LogP contribution in [0.25, 0.3) is 0 Å². The molecule has 0 aromatic carbocycles. The van der Waals surface area contributed by atoms with E-state index in [-0.39, 0.29) is 12.1 Å². The van der Waals surface area contributed by atoms with Crippen LogP contribution in [0.1, 0.15) is 46.0 Å². The highest BCUT2D eigenvalue weighted by Crippen LogP contribution is 2.31. The molecule has 1 fully saturated rings. The molecule has 2 aliphatic rings. The fourth-order valence-corrected chi connectivity index (χ4v) is 2.52. The van der Waals surface area contributed by atoms with E-state index in [0.717, 1.165) is 43.3 Å². The van der Waals surface area contributed by atoms with Crippen LogP contribution in [-0.4, -0.2) is 12.1 Å². The molecule has 17 heavy (non-hydrogen) atoms. The zero-order valence-electron chi connectivity index (χ0n) is 10.7. The van der Waals surface area contributed by atoms with Gasteiger partial charge in [0.1, 0.15) is 6.10 Å². The molecule has 1 aliphatic carbocycles. The molecule has 1 heterocycles. The van der Waals surface area contributed by atoms with Gasteiger partial charge >= 0.3 is 5.97 Å². The normalized spacial score (nSPS) is 34.4. The van der Waals surface area contributed by atoms with E-state index in [0.29, 0.717) is 0 Å². The van der Waals surface area contributed by atoms with Crippen molar-refractivity contribution in [2.24, 2.45) is 0 Å². The van der Waals surface area contributed by atoms with Crippen LogP contribution >= 0.6 is 0 Å². The Hall–Kier alpha value is -1.31. The van der Waals surface area contributed by atoms with E-state index in [1.807, 2.05) is 13.0 Å². The van der Waals surface area contributed by atoms with Crippen molar-refractivity contribution >= 4 is 5.97 Å². The maximum absolute atomic E-state index is 11.7. The molecule has 1 saturated heterocycles. The Morgan fingerprint density at radius 3 is 2.88 bits per heavy atom. The molecule has 2 rings (SSSR count). The molecule has 0 aromatic heterocycles. The Kier molecular flexibility index (Phi) is 3.82. The molecule has 0 radical (unpaired) electrons. The number of rotatable bonds is 0. The van der Waals surface area contributed by atoms with Gasteiger partial charge < -0.3 is 4.74 Å². The number of hydrogen-bond donors (Lipinski definition) is 0. The molecule has 0 saturated carbocycles. The highest BCUT2D eigenvalue weighted by molar-refractivity contribution is 5.96. The monoisotopic (exact) mass is 232 g/mol. The van der Waals surface area contributed by atoms with Crippen LogP contribution < -0.4 is 0 Å². The van der Waals surface area contributed by atoms with Crippen molar-refractivity contribution in [2.45, 2.75) is 52.1 Å². The Balaban J connectivity index is 2.21. The lowest BCUT2D eigenvalue weighted by Crippen LogP contribution is -2.09. The minimum absolute atomic E-state index is 0.000370. The van der Waals surface area contributed by atoms with Crippen LogP contribution in [0.3, 0.4) is 0 Å². The van der Waals surface area contributed by atoms with Gasteiger partial charge in [0.25, 0.3) is 0 Å². The maximum Gasteiger partial charge on any atom is 0.338 e. The van der Waals surface area contributed by atoms with Crippen molar-refractivity contribution in [3.05, 3.63) is 34.9 Å². The Morgan fingerprint density at radius 2 is 2.12 bits per heavy atom. The molecule has 0 bridgehead atoms. The Bertz CT molecular complexity index is 399. The number of esters is 1. The predicted octanol–water partition coefficient (Wildman–Crippen LogP) is 3.69. The second-order valence-corrected chi connectivity index (χ2v) is 4.78. The van der Waals surface area contributed by atoms with Crippen molar-refractivity contribution in [2.75, 3.05) is 0 Å². The summed E-state index contributed by atoms with van der Waals surface area (Å²) in [6.07, 6.45) is 11.6. The third-order valence-electron chi connectivity index (χ3n) is 3.48. The SMILES string of the molecule is CC=C1C(=O)OC2CCC/C(C)=C\CC/C=C/12. The summed E-state index contributed by atoms with van der Waals surface area (Å²) in [7, 11) is 0. The summed E-state index contributed by atoms with van der Waals surface area (Å²) in [5, 5.41) is 0. The molecule has 0 spiro atoms. The first kappa shape index (κ1) is 12.2. The van der Waals surface area contributed by atoms with Gasteiger partial charge in [-0.25, -0.2) is 4.79 Å². The standard InChI is InChI=1S/C15H20O2/c1-3-12-13-9-5-4-7-11(2)8-6-10-14(13)17-15(12)16/h3,7,9,14H,4-6,8,10H2,1-2H3/b11-7-,12-3?,13-9-. The van der Waals surface area contributed by atoms with E-state index in [2.05, 4.69) is 19.1 Å². The van der Waals surface area contributed by atoms with Crippen molar-refractivity contribution in [3.8, 4) is 0 Å². The lowest BCUT2D eigenvalue weighted by molar-refractivity contribution is -0.138. The van der Waals surface area contributed by atoms with Crippen LogP contribution in [0, 0.1) is 0 Å². The summed E-state index contributed by atoms with van der Waals surface area (Å²) in [6, 6.07) is 0. The minimum atomic E-state index is -0.146. The van der Waals surface area contributed by atoms with E-state index >= 15 is 0 Å². The van der Waals surface area contributed by atoms with Gasteiger partial charge in [-0.3, -0.25) is 0 Å². The quantitative estimate of drug-likeness (QED) is 0.361. The van der Waals surface area contributed by atoms with Crippen LogP contribution in [0.4, 0.5) is 0 Å². The summed E-state index contributed by atoms with van der Waals surface area (Å²) in [5.41, 5.74) is 3.35. The van der Waals surface area contributed by atoms with E-state index in [1.54, 1.807) is 0 Å². The molecule has 0 amide bonds. The van der Waals surface area contributed by atoms with Crippen LogP contribution in [0.15, 0.2) is 34.9 Å². The molecular weight excluding hydrogens is 212 g/mol. The topological polar surface area (TPSA) is 26.3 Å².